The second-order valence-corrected chi connectivity index (χ2v) is 21.1. The van der Waals surface area contributed by atoms with Gasteiger partial charge >= 0.3 is 5.69 Å². The van der Waals surface area contributed by atoms with Crippen LogP contribution < -0.4 is 26.4 Å². The normalized spacial score (nSPS) is 15.5. The number of hydrogen-bond donors (Lipinski definition) is 0. The topological polar surface area (TPSA) is 123 Å². The quantitative estimate of drug-likeness (QED) is 0.100. The fourth-order valence-electron chi connectivity index (χ4n) is 8.25. The zero-order chi connectivity index (χ0) is 41.4. The Labute approximate surface area is 341 Å². The molecule has 6 aromatic rings. The molecule has 0 N–H and O–H groups in total. The van der Waals surface area contributed by atoms with Gasteiger partial charge in [0, 0.05) is 23.7 Å². The van der Waals surface area contributed by atoms with Crippen molar-refractivity contribution in [2.45, 2.75) is 77.7 Å². The fourth-order valence-corrected chi connectivity index (χ4v) is 14.0. The van der Waals surface area contributed by atoms with Crippen LogP contribution in [0.25, 0.3) is 15.2 Å². The maximum Gasteiger partial charge on any atom is 0.332 e. The smallest absolute Gasteiger partial charge is 0.332 e. The minimum atomic E-state index is -2.93. The Bertz CT molecular complexity index is 2480. The second-order valence-electron chi connectivity index (χ2n) is 15.8. The number of benzene rings is 3. The van der Waals surface area contributed by atoms with Crippen LogP contribution in [0.15, 0.2) is 101 Å². The van der Waals surface area contributed by atoms with Gasteiger partial charge in [0.2, 0.25) is 5.91 Å². The number of aromatic nitrogens is 5. The number of nitrogens with zero attached hydrogens (tertiary/aromatic N) is 6. The molecule has 58 heavy (non-hydrogen) atoms. The van der Waals surface area contributed by atoms with Crippen LogP contribution in [0.1, 0.15) is 64.3 Å². The predicted octanol–water partition coefficient (Wildman–Crippen LogP) is 5.78. The third-order valence-corrected chi connectivity index (χ3v) is 17.3. The first-order chi connectivity index (χ1) is 27.8. The number of hydrogen-bond acceptors (Lipinski definition) is 9. The summed E-state index contributed by atoms with van der Waals surface area (Å²) in [5.74, 6) is -0.443. The molecule has 3 aromatic carbocycles. The maximum atomic E-state index is 15.1. The molecule has 1 saturated heterocycles. The molecule has 0 radical (unpaired) electrons. The van der Waals surface area contributed by atoms with Crippen LogP contribution in [0.5, 0.6) is 5.75 Å². The Morgan fingerprint density at radius 1 is 0.931 bits per heavy atom. The summed E-state index contributed by atoms with van der Waals surface area (Å²) in [4.78, 5) is 46.5. The number of ether oxygens (including phenoxy) is 2. The standard InChI is InChI=1S/C43H49FN6O6SSi/c1-28(2)47-23-20-34(38(47)51)49-39(52)37-29(3)40(50-45-21-22-46-50)57-41(37)48(42(49)53)27-36(33-26-30(44)18-19-35(33)54-7)55-24-25-56-58(43(4,5)6,31-14-10-8-11-15-31)32-16-12-9-13-17-32/h8-19,21-22,26,28,34,36H,20,23-25,27H2,1-7H3/t34?,36-/m0/s1. The second kappa shape index (κ2) is 16.6. The molecule has 1 unspecified atom stereocenters. The van der Waals surface area contributed by atoms with Crippen molar-refractivity contribution in [2.75, 3.05) is 26.9 Å². The number of fused-ring (bicyclic) bond motifs is 1. The van der Waals surface area contributed by atoms with Crippen molar-refractivity contribution in [3.8, 4) is 10.8 Å². The third kappa shape index (κ3) is 7.36. The van der Waals surface area contributed by atoms with Gasteiger partial charge in [0.1, 0.15) is 33.5 Å². The molecule has 1 fully saturated rings. The van der Waals surface area contributed by atoms with Gasteiger partial charge in [-0.3, -0.25) is 14.2 Å². The Hall–Kier alpha value is -5.22. The van der Waals surface area contributed by atoms with E-state index in [0.717, 1.165) is 14.9 Å². The highest BCUT2D eigenvalue weighted by atomic mass is 32.1. The molecule has 15 heteroatoms. The summed E-state index contributed by atoms with van der Waals surface area (Å²) in [6, 6.07) is 23.6. The van der Waals surface area contributed by atoms with Crippen molar-refractivity contribution in [3.05, 3.63) is 129 Å². The van der Waals surface area contributed by atoms with Crippen molar-refractivity contribution >= 4 is 46.2 Å². The summed E-state index contributed by atoms with van der Waals surface area (Å²) < 4.78 is 37.2. The van der Waals surface area contributed by atoms with Gasteiger partial charge in [-0.25, -0.2) is 13.8 Å². The van der Waals surface area contributed by atoms with Crippen molar-refractivity contribution in [1.82, 2.24) is 29.0 Å². The highest BCUT2D eigenvalue weighted by Gasteiger charge is 2.50. The Morgan fingerprint density at radius 3 is 2.14 bits per heavy atom. The number of halogens is 1. The molecule has 304 valence electrons. The van der Waals surface area contributed by atoms with Crippen LogP contribution in [0.3, 0.4) is 0 Å². The summed E-state index contributed by atoms with van der Waals surface area (Å²) in [5, 5.41) is 11.4. The van der Waals surface area contributed by atoms with E-state index in [1.54, 1.807) is 11.8 Å². The number of methoxy groups -OCH3 is 1. The van der Waals surface area contributed by atoms with Gasteiger partial charge in [0.05, 0.1) is 44.6 Å². The van der Waals surface area contributed by atoms with Gasteiger partial charge in [-0.2, -0.15) is 10.2 Å². The van der Waals surface area contributed by atoms with Crippen LogP contribution in [0.4, 0.5) is 4.39 Å². The van der Waals surface area contributed by atoms with Crippen molar-refractivity contribution in [2.24, 2.45) is 0 Å². The average Bonchev–Trinajstić information content (AvgIpc) is 3.95. The summed E-state index contributed by atoms with van der Waals surface area (Å²) >= 11 is 1.19. The Kier molecular flexibility index (Phi) is 11.7. The molecule has 1 amide bonds. The van der Waals surface area contributed by atoms with Crippen LogP contribution >= 0.6 is 11.3 Å². The molecule has 1 aliphatic heterocycles. The van der Waals surface area contributed by atoms with E-state index in [9.17, 15) is 14.4 Å². The first-order valence-corrected chi connectivity index (χ1v) is 22.2. The molecular formula is C43H49FN6O6SSi. The number of carbonyl (C=O) groups excluding carboxylic acids is 1. The Morgan fingerprint density at radius 2 is 1.57 bits per heavy atom. The van der Waals surface area contributed by atoms with E-state index in [-0.39, 0.29) is 42.1 Å². The monoisotopic (exact) mass is 824 g/mol. The molecule has 0 bridgehead atoms. The number of rotatable bonds is 14. The van der Waals surface area contributed by atoms with Crippen molar-refractivity contribution in [1.29, 1.82) is 0 Å². The minimum absolute atomic E-state index is 0.0722. The van der Waals surface area contributed by atoms with E-state index >= 15 is 4.39 Å². The summed E-state index contributed by atoms with van der Waals surface area (Å²) in [6.45, 7) is 12.7. The summed E-state index contributed by atoms with van der Waals surface area (Å²) in [7, 11) is -1.44. The van der Waals surface area contributed by atoms with Gasteiger partial charge in [-0.05, 0) is 60.8 Å². The molecule has 3 aromatic heterocycles. The average molecular weight is 825 g/mol. The summed E-state index contributed by atoms with van der Waals surface area (Å²) in [6.07, 6.45) is 2.40. The zero-order valence-electron chi connectivity index (χ0n) is 33.8. The molecule has 0 spiro atoms. The fraction of sp³-hybridized carbons (Fsp3) is 0.372. The molecule has 12 nitrogen and oxygen atoms in total. The van der Waals surface area contributed by atoms with E-state index in [4.69, 9.17) is 13.9 Å². The van der Waals surface area contributed by atoms with Crippen LogP contribution in [-0.4, -0.2) is 76.2 Å². The lowest BCUT2D eigenvalue weighted by molar-refractivity contribution is -0.131. The van der Waals surface area contributed by atoms with E-state index in [2.05, 4.69) is 55.2 Å². The Balaban J connectivity index is 1.33. The number of carbonyl (C=O) groups is 1. The lowest BCUT2D eigenvalue weighted by atomic mass is 10.1. The SMILES string of the molecule is COc1ccc(F)cc1[C@H](Cn1c(=O)n(C2CCN(C(C)C)C2=O)c(=O)c2c(C)c(-n3nccn3)sc21)OCCO[Si](c1ccccc1)(c1ccccc1)C(C)(C)C. The van der Waals surface area contributed by atoms with Gasteiger partial charge in [0.25, 0.3) is 13.9 Å². The minimum Gasteiger partial charge on any atom is -0.496 e. The van der Waals surface area contributed by atoms with Crippen LogP contribution in [-0.2, 0) is 20.5 Å². The van der Waals surface area contributed by atoms with Crippen molar-refractivity contribution in [3.63, 3.8) is 0 Å². The number of thiophene rings is 1. The first kappa shape index (κ1) is 41.0. The predicted molar refractivity (Wildman–Crippen MR) is 226 cm³/mol. The van der Waals surface area contributed by atoms with E-state index in [1.165, 1.54) is 58.4 Å². The molecule has 7 rings (SSSR count). The van der Waals surface area contributed by atoms with E-state index in [1.807, 2.05) is 50.2 Å². The molecule has 1 aliphatic rings. The highest BCUT2D eigenvalue weighted by molar-refractivity contribution is 7.21. The van der Waals surface area contributed by atoms with E-state index < -0.39 is 37.5 Å². The highest BCUT2D eigenvalue weighted by Crippen LogP contribution is 2.38. The molecule has 0 aliphatic carbocycles. The summed E-state index contributed by atoms with van der Waals surface area (Å²) in [5.41, 5.74) is -0.299. The van der Waals surface area contributed by atoms with Crippen LogP contribution in [0.2, 0.25) is 5.04 Å². The zero-order valence-corrected chi connectivity index (χ0v) is 35.7. The van der Waals surface area contributed by atoms with Gasteiger partial charge in [-0.15, -0.1) is 4.80 Å². The molecular weight excluding hydrogens is 776 g/mol. The lowest BCUT2D eigenvalue weighted by Gasteiger charge is -2.43. The van der Waals surface area contributed by atoms with Gasteiger partial charge in [0.15, 0.2) is 0 Å². The number of aryl methyl sites for hydroxylation is 1. The molecule has 2 atom stereocenters. The maximum absolute atomic E-state index is 15.1. The first-order valence-electron chi connectivity index (χ1n) is 19.4. The number of amides is 1. The molecule has 0 saturated carbocycles. The largest absolute Gasteiger partial charge is 0.496 e. The van der Waals surface area contributed by atoms with Crippen molar-refractivity contribution < 1.29 is 23.1 Å². The number of likely N-dealkylation sites (tertiary alicyclic amines) is 1. The van der Waals surface area contributed by atoms with E-state index in [0.29, 0.717) is 39.7 Å². The van der Waals surface area contributed by atoms with Gasteiger partial charge < -0.3 is 18.8 Å². The molecule has 4 heterocycles. The third-order valence-electron chi connectivity index (χ3n) is 11.0. The van der Waals surface area contributed by atoms with Crippen LogP contribution in [0, 0.1) is 12.7 Å². The van der Waals surface area contributed by atoms with Gasteiger partial charge in [-0.1, -0.05) is 92.8 Å². The lowest BCUT2D eigenvalue weighted by Crippen LogP contribution is -2.66.